The Morgan fingerprint density at radius 1 is 1.42 bits per heavy atom. The molecule has 1 aliphatic carbocycles. The van der Waals surface area contributed by atoms with E-state index in [0.29, 0.717) is 5.75 Å². The molecule has 1 aromatic carbocycles. The number of ether oxygens (including phenoxy) is 1. The van der Waals surface area contributed by atoms with Crippen molar-refractivity contribution in [1.29, 1.82) is 0 Å². The minimum atomic E-state index is -3.52. The predicted octanol–water partition coefficient (Wildman–Crippen LogP) is 2.61. The van der Waals surface area contributed by atoms with Crippen molar-refractivity contribution >= 4 is 21.6 Å². The van der Waals surface area contributed by atoms with Gasteiger partial charge in [-0.2, -0.15) is 4.31 Å². The van der Waals surface area contributed by atoms with Crippen LogP contribution in [0.3, 0.4) is 0 Å². The highest BCUT2D eigenvalue weighted by Gasteiger charge is 2.33. The van der Waals surface area contributed by atoms with Gasteiger partial charge in [0.1, 0.15) is 10.6 Å². The van der Waals surface area contributed by atoms with Crippen LogP contribution in [0.15, 0.2) is 23.1 Å². The molecule has 0 aromatic heterocycles. The summed E-state index contributed by atoms with van der Waals surface area (Å²) >= 11 is 5.78. The van der Waals surface area contributed by atoms with Gasteiger partial charge in [-0.15, -0.1) is 11.6 Å². The standard InChI is InChI=1S/C13H18ClNO3S/c1-15(11-4-3-5-11)19(16,17)13-8-10(9-14)6-7-12(13)18-2/h6-8,11H,3-5,9H2,1-2H3. The molecule has 1 saturated carbocycles. The van der Waals surface area contributed by atoms with Crippen molar-refractivity contribution in [1.82, 2.24) is 4.31 Å². The van der Waals surface area contributed by atoms with E-state index in [2.05, 4.69) is 0 Å². The normalized spacial score (nSPS) is 16.4. The van der Waals surface area contributed by atoms with Gasteiger partial charge in [0.25, 0.3) is 0 Å². The summed E-state index contributed by atoms with van der Waals surface area (Å²) in [5, 5.41) is 0. The zero-order valence-corrected chi connectivity index (χ0v) is 12.7. The van der Waals surface area contributed by atoms with E-state index in [0.717, 1.165) is 24.8 Å². The van der Waals surface area contributed by atoms with E-state index >= 15 is 0 Å². The van der Waals surface area contributed by atoms with E-state index in [1.807, 2.05) is 0 Å². The van der Waals surface area contributed by atoms with Crippen LogP contribution in [0.1, 0.15) is 24.8 Å². The SMILES string of the molecule is COc1ccc(CCl)cc1S(=O)(=O)N(C)C1CCC1. The number of hydrogen-bond acceptors (Lipinski definition) is 3. The lowest BCUT2D eigenvalue weighted by atomic mass is 9.94. The van der Waals surface area contributed by atoms with E-state index in [1.165, 1.54) is 11.4 Å². The summed E-state index contributed by atoms with van der Waals surface area (Å²) in [6.45, 7) is 0. The first-order valence-corrected chi connectivity index (χ1v) is 8.19. The fraction of sp³-hybridized carbons (Fsp3) is 0.538. The topological polar surface area (TPSA) is 46.6 Å². The highest BCUT2D eigenvalue weighted by molar-refractivity contribution is 7.89. The maximum absolute atomic E-state index is 12.6. The van der Waals surface area contributed by atoms with Crippen LogP contribution in [-0.2, 0) is 15.9 Å². The fourth-order valence-electron chi connectivity index (χ4n) is 2.11. The summed E-state index contributed by atoms with van der Waals surface area (Å²) in [4.78, 5) is 0.197. The molecule has 0 amide bonds. The number of benzene rings is 1. The van der Waals surface area contributed by atoms with Crippen LogP contribution >= 0.6 is 11.6 Å². The van der Waals surface area contributed by atoms with Gasteiger partial charge >= 0.3 is 0 Å². The Kier molecular flexibility index (Phi) is 4.38. The molecule has 4 nitrogen and oxygen atoms in total. The molecule has 0 aliphatic heterocycles. The maximum atomic E-state index is 12.6. The van der Waals surface area contributed by atoms with E-state index in [4.69, 9.17) is 16.3 Å². The Bertz CT molecular complexity index is 555. The molecule has 1 aromatic rings. The quantitative estimate of drug-likeness (QED) is 0.786. The average Bonchev–Trinajstić information content (AvgIpc) is 2.35. The first-order valence-electron chi connectivity index (χ1n) is 6.21. The number of rotatable bonds is 5. The smallest absolute Gasteiger partial charge is 0.246 e. The minimum absolute atomic E-state index is 0.106. The van der Waals surface area contributed by atoms with Gasteiger partial charge in [-0.25, -0.2) is 8.42 Å². The van der Waals surface area contributed by atoms with Crippen molar-refractivity contribution in [2.45, 2.75) is 36.1 Å². The third-order valence-corrected chi connectivity index (χ3v) is 5.87. The second kappa shape index (κ2) is 5.69. The number of methoxy groups -OCH3 is 1. The molecule has 0 bridgehead atoms. The first-order chi connectivity index (χ1) is 9.00. The molecule has 1 aliphatic rings. The summed E-state index contributed by atoms with van der Waals surface area (Å²) in [5.74, 6) is 0.639. The molecule has 0 atom stereocenters. The van der Waals surface area contributed by atoms with Crippen LogP contribution in [0.4, 0.5) is 0 Å². The van der Waals surface area contributed by atoms with Gasteiger partial charge < -0.3 is 4.74 Å². The summed E-state index contributed by atoms with van der Waals surface area (Å²) in [5.41, 5.74) is 0.767. The number of alkyl halides is 1. The van der Waals surface area contributed by atoms with Crippen molar-refractivity contribution < 1.29 is 13.2 Å². The van der Waals surface area contributed by atoms with E-state index in [1.54, 1.807) is 25.2 Å². The Hall–Kier alpha value is -0.780. The molecule has 19 heavy (non-hydrogen) atoms. The van der Waals surface area contributed by atoms with E-state index in [-0.39, 0.29) is 16.8 Å². The van der Waals surface area contributed by atoms with Gasteiger partial charge in [0.15, 0.2) is 0 Å². The van der Waals surface area contributed by atoms with Gasteiger partial charge in [0.2, 0.25) is 10.0 Å². The summed E-state index contributed by atoms with van der Waals surface area (Å²) in [6.07, 6.45) is 2.93. The van der Waals surface area contributed by atoms with Crippen LogP contribution in [0.5, 0.6) is 5.75 Å². The Labute approximate surface area is 119 Å². The molecule has 0 unspecified atom stereocenters. The van der Waals surface area contributed by atoms with Crippen LogP contribution in [-0.4, -0.2) is 32.9 Å². The monoisotopic (exact) mass is 303 g/mol. The fourth-order valence-corrected chi connectivity index (χ4v) is 3.89. The Morgan fingerprint density at radius 3 is 2.58 bits per heavy atom. The van der Waals surface area contributed by atoms with Crippen molar-refractivity contribution in [3.05, 3.63) is 23.8 Å². The summed E-state index contributed by atoms with van der Waals surface area (Å²) < 4.78 is 31.8. The molecular formula is C13H18ClNO3S. The lowest BCUT2D eigenvalue weighted by Gasteiger charge is -2.34. The molecule has 106 valence electrons. The predicted molar refractivity (Wildman–Crippen MR) is 75.1 cm³/mol. The van der Waals surface area contributed by atoms with Crippen molar-refractivity contribution in [3.8, 4) is 5.75 Å². The lowest BCUT2D eigenvalue weighted by Crippen LogP contribution is -2.41. The molecule has 0 radical (unpaired) electrons. The highest BCUT2D eigenvalue weighted by atomic mass is 35.5. The molecular weight excluding hydrogens is 286 g/mol. The van der Waals surface area contributed by atoms with Gasteiger partial charge in [-0.1, -0.05) is 12.5 Å². The highest BCUT2D eigenvalue weighted by Crippen LogP contribution is 2.33. The summed E-state index contributed by atoms with van der Waals surface area (Å²) in [6, 6.07) is 5.12. The Morgan fingerprint density at radius 2 is 2.11 bits per heavy atom. The average molecular weight is 304 g/mol. The van der Waals surface area contributed by atoms with E-state index < -0.39 is 10.0 Å². The van der Waals surface area contributed by atoms with Crippen molar-refractivity contribution in [2.75, 3.05) is 14.2 Å². The number of sulfonamides is 1. The van der Waals surface area contributed by atoms with Gasteiger partial charge in [-0.05, 0) is 30.5 Å². The molecule has 0 saturated heterocycles. The molecule has 1 fully saturated rings. The number of nitrogens with zero attached hydrogens (tertiary/aromatic N) is 1. The van der Waals surface area contributed by atoms with Crippen LogP contribution < -0.4 is 4.74 Å². The second-order valence-electron chi connectivity index (χ2n) is 4.72. The number of halogens is 1. The van der Waals surface area contributed by atoms with Gasteiger partial charge in [0, 0.05) is 19.0 Å². The van der Waals surface area contributed by atoms with Crippen molar-refractivity contribution in [2.24, 2.45) is 0 Å². The lowest BCUT2D eigenvalue weighted by molar-refractivity contribution is 0.249. The van der Waals surface area contributed by atoms with Crippen LogP contribution in [0.25, 0.3) is 0 Å². The third-order valence-electron chi connectivity index (χ3n) is 3.63. The molecule has 0 spiro atoms. The molecule has 0 heterocycles. The molecule has 0 N–H and O–H groups in total. The van der Waals surface area contributed by atoms with Gasteiger partial charge in [0.05, 0.1) is 7.11 Å². The van der Waals surface area contributed by atoms with Crippen LogP contribution in [0, 0.1) is 0 Å². The molecule has 6 heteroatoms. The zero-order chi connectivity index (χ0) is 14.0. The van der Waals surface area contributed by atoms with Crippen molar-refractivity contribution in [3.63, 3.8) is 0 Å². The Balaban J connectivity index is 2.43. The van der Waals surface area contributed by atoms with E-state index in [9.17, 15) is 8.42 Å². The van der Waals surface area contributed by atoms with Crippen LogP contribution in [0.2, 0.25) is 0 Å². The maximum Gasteiger partial charge on any atom is 0.246 e. The zero-order valence-electron chi connectivity index (χ0n) is 11.1. The third kappa shape index (κ3) is 2.73. The number of hydrogen-bond donors (Lipinski definition) is 0. The second-order valence-corrected chi connectivity index (χ2v) is 6.96. The summed E-state index contributed by atoms with van der Waals surface area (Å²) in [7, 11) is -0.424. The largest absolute Gasteiger partial charge is 0.495 e. The minimum Gasteiger partial charge on any atom is -0.495 e. The first kappa shape index (κ1) is 14.6. The molecule has 2 rings (SSSR count). The van der Waals surface area contributed by atoms with Gasteiger partial charge in [-0.3, -0.25) is 0 Å².